The monoisotopic (exact) mass is 421 g/mol. The van der Waals surface area contributed by atoms with Gasteiger partial charge in [0.2, 0.25) is 10.0 Å². The Morgan fingerprint density at radius 1 is 0.700 bits per heavy atom. The number of nitrogens with zero attached hydrogens (tertiary/aromatic N) is 2. The zero-order valence-electron chi connectivity index (χ0n) is 16.9. The average Bonchev–Trinajstić information content (AvgIpc) is 2.80. The molecule has 1 saturated heterocycles. The molecule has 0 radical (unpaired) electrons. The molecule has 0 bridgehead atoms. The second-order valence-electron chi connectivity index (χ2n) is 7.51. The highest BCUT2D eigenvalue weighted by atomic mass is 32.2. The van der Waals surface area contributed by atoms with Gasteiger partial charge >= 0.3 is 0 Å². The van der Waals surface area contributed by atoms with Crippen molar-refractivity contribution in [1.82, 2.24) is 9.62 Å². The smallest absolute Gasteiger partial charge is 0.240 e. The van der Waals surface area contributed by atoms with Crippen molar-refractivity contribution < 1.29 is 8.42 Å². The van der Waals surface area contributed by atoms with Gasteiger partial charge in [0.15, 0.2) is 0 Å². The number of anilines is 1. The third kappa shape index (κ3) is 5.08. The highest BCUT2D eigenvalue weighted by Gasteiger charge is 2.19. The average molecular weight is 422 g/mol. The summed E-state index contributed by atoms with van der Waals surface area (Å²) in [4.78, 5) is 5.14. The number of sulfonamides is 1. The van der Waals surface area contributed by atoms with Crippen LogP contribution in [0.1, 0.15) is 11.1 Å². The Kier molecular flexibility index (Phi) is 6.47. The van der Waals surface area contributed by atoms with Crippen LogP contribution in [-0.2, 0) is 23.1 Å². The highest BCUT2D eigenvalue weighted by Crippen LogP contribution is 2.18. The Morgan fingerprint density at radius 2 is 1.27 bits per heavy atom. The van der Waals surface area contributed by atoms with E-state index in [4.69, 9.17) is 0 Å². The zero-order chi connectivity index (χ0) is 20.8. The van der Waals surface area contributed by atoms with Crippen molar-refractivity contribution in [2.24, 2.45) is 0 Å². The van der Waals surface area contributed by atoms with Gasteiger partial charge in [-0.05, 0) is 35.4 Å². The molecule has 5 nitrogen and oxygen atoms in total. The maximum atomic E-state index is 12.6. The van der Waals surface area contributed by atoms with Gasteiger partial charge in [0.25, 0.3) is 0 Å². The molecule has 0 aromatic heterocycles. The summed E-state index contributed by atoms with van der Waals surface area (Å²) in [6.07, 6.45) is 0. The van der Waals surface area contributed by atoms with Crippen LogP contribution in [-0.4, -0.2) is 39.5 Å². The Labute approximate surface area is 179 Å². The molecule has 6 heteroatoms. The van der Waals surface area contributed by atoms with Crippen LogP contribution in [0.25, 0.3) is 0 Å². The molecule has 1 aliphatic rings. The van der Waals surface area contributed by atoms with Crippen molar-refractivity contribution >= 4 is 15.7 Å². The number of benzene rings is 3. The molecule has 1 fully saturated rings. The van der Waals surface area contributed by atoms with Crippen molar-refractivity contribution in [2.75, 3.05) is 31.1 Å². The Bertz CT molecular complexity index is 1050. The van der Waals surface area contributed by atoms with Gasteiger partial charge < -0.3 is 4.90 Å². The molecule has 3 aromatic rings. The molecule has 1 heterocycles. The summed E-state index contributed by atoms with van der Waals surface area (Å²) in [5.41, 5.74) is 3.46. The van der Waals surface area contributed by atoms with Gasteiger partial charge in [0.05, 0.1) is 4.90 Å². The molecule has 0 atom stereocenters. The predicted octanol–water partition coefficient (Wildman–Crippen LogP) is 3.49. The second-order valence-corrected chi connectivity index (χ2v) is 9.27. The minimum absolute atomic E-state index is 0.289. The van der Waals surface area contributed by atoms with E-state index < -0.39 is 10.0 Å². The number of rotatable bonds is 7. The lowest BCUT2D eigenvalue weighted by atomic mass is 10.1. The van der Waals surface area contributed by atoms with E-state index in [1.807, 2.05) is 30.3 Å². The molecule has 0 unspecified atom stereocenters. The van der Waals surface area contributed by atoms with Crippen LogP contribution >= 0.6 is 0 Å². The van der Waals surface area contributed by atoms with Gasteiger partial charge in [-0.1, -0.05) is 60.7 Å². The van der Waals surface area contributed by atoms with E-state index in [2.05, 4.69) is 44.9 Å². The van der Waals surface area contributed by atoms with Gasteiger partial charge in [0, 0.05) is 45.0 Å². The maximum absolute atomic E-state index is 12.6. The first kappa shape index (κ1) is 20.6. The first-order valence-electron chi connectivity index (χ1n) is 10.3. The SMILES string of the molecule is O=S(=O)(NCc1ccccc1CN1CCN(c2ccccc2)CC1)c1ccccc1. The fraction of sp³-hybridized carbons (Fsp3) is 0.250. The van der Waals surface area contributed by atoms with E-state index in [0.29, 0.717) is 4.90 Å². The lowest BCUT2D eigenvalue weighted by molar-refractivity contribution is 0.249. The lowest BCUT2D eigenvalue weighted by Gasteiger charge is -2.36. The van der Waals surface area contributed by atoms with Crippen molar-refractivity contribution in [3.63, 3.8) is 0 Å². The summed E-state index contributed by atoms with van der Waals surface area (Å²) in [6, 6.07) is 27.1. The first-order valence-corrected chi connectivity index (χ1v) is 11.7. The van der Waals surface area contributed by atoms with E-state index >= 15 is 0 Å². The van der Waals surface area contributed by atoms with Crippen LogP contribution < -0.4 is 9.62 Å². The van der Waals surface area contributed by atoms with E-state index in [0.717, 1.165) is 38.3 Å². The fourth-order valence-corrected chi connectivity index (χ4v) is 4.81. The largest absolute Gasteiger partial charge is 0.369 e. The summed E-state index contributed by atoms with van der Waals surface area (Å²) >= 11 is 0. The van der Waals surface area contributed by atoms with E-state index in [9.17, 15) is 8.42 Å². The van der Waals surface area contributed by atoms with Gasteiger partial charge in [-0.25, -0.2) is 13.1 Å². The molecule has 1 aliphatic heterocycles. The fourth-order valence-electron chi connectivity index (χ4n) is 3.78. The van der Waals surface area contributed by atoms with Gasteiger partial charge in [0.1, 0.15) is 0 Å². The van der Waals surface area contributed by atoms with Crippen LogP contribution in [0.4, 0.5) is 5.69 Å². The van der Waals surface area contributed by atoms with Crippen molar-refractivity contribution in [3.05, 3.63) is 96.1 Å². The lowest BCUT2D eigenvalue weighted by Crippen LogP contribution is -2.46. The quantitative estimate of drug-likeness (QED) is 0.635. The maximum Gasteiger partial charge on any atom is 0.240 e. The number of piperazine rings is 1. The third-order valence-electron chi connectivity index (χ3n) is 5.51. The molecular weight excluding hydrogens is 394 g/mol. The normalized spacial score (nSPS) is 15.3. The Morgan fingerprint density at radius 3 is 1.93 bits per heavy atom. The van der Waals surface area contributed by atoms with Gasteiger partial charge in [-0.15, -0.1) is 0 Å². The standard InChI is InChI=1S/C24H27N3O2S/c28-30(29,24-13-5-2-6-14-24)25-19-21-9-7-8-10-22(21)20-26-15-17-27(18-16-26)23-11-3-1-4-12-23/h1-14,25H,15-20H2. The Balaban J connectivity index is 1.37. The van der Waals surface area contributed by atoms with Crippen LogP contribution in [0.15, 0.2) is 89.8 Å². The van der Waals surface area contributed by atoms with Crippen LogP contribution in [0.2, 0.25) is 0 Å². The molecule has 156 valence electrons. The molecule has 0 saturated carbocycles. The first-order chi connectivity index (χ1) is 14.6. The van der Waals surface area contributed by atoms with Crippen LogP contribution in [0, 0.1) is 0 Å². The molecule has 30 heavy (non-hydrogen) atoms. The summed E-state index contributed by atoms with van der Waals surface area (Å²) in [5.74, 6) is 0. The molecular formula is C24H27N3O2S. The van der Waals surface area contributed by atoms with Crippen molar-refractivity contribution in [2.45, 2.75) is 18.0 Å². The second kappa shape index (κ2) is 9.43. The summed E-state index contributed by atoms with van der Waals surface area (Å²) in [5, 5.41) is 0. The number of hydrogen-bond acceptors (Lipinski definition) is 4. The molecule has 0 spiro atoms. The Hall–Kier alpha value is -2.67. The third-order valence-corrected chi connectivity index (χ3v) is 6.93. The minimum Gasteiger partial charge on any atom is -0.369 e. The summed E-state index contributed by atoms with van der Waals surface area (Å²) in [7, 11) is -3.52. The zero-order valence-corrected chi connectivity index (χ0v) is 17.8. The molecule has 0 aliphatic carbocycles. The van der Waals surface area contributed by atoms with Gasteiger partial charge in [-0.2, -0.15) is 0 Å². The molecule has 4 rings (SSSR count). The summed E-state index contributed by atoms with van der Waals surface area (Å²) < 4.78 is 27.8. The van der Waals surface area contributed by atoms with E-state index in [1.54, 1.807) is 24.3 Å². The molecule has 1 N–H and O–H groups in total. The van der Waals surface area contributed by atoms with Crippen molar-refractivity contribution in [3.8, 4) is 0 Å². The number of para-hydroxylation sites is 1. The van der Waals surface area contributed by atoms with E-state index in [-0.39, 0.29) is 6.54 Å². The number of hydrogen-bond donors (Lipinski definition) is 1. The highest BCUT2D eigenvalue weighted by molar-refractivity contribution is 7.89. The predicted molar refractivity (Wildman–Crippen MR) is 121 cm³/mol. The topological polar surface area (TPSA) is 52.7 Å². The number of nitrogens with one attached hydrogen (secondary N) is 1. The van der Waals surface area contributed by atoms with Crippen LogP contribution in [0.3, 0.4) is 0 Å². The van der Waals surface area contributed by atoms with Crippen molar-refractivity contribution in [1.29, 1.82) is 0 Å². The minimum atomic E-state index is -3.52. The molecule has 0 amide bonds. The van der Waals surface area contributed by atoms with Crippen LogP contribution in [0.5, 0.6) is 0 Å². The van der Waals surface area contributed by atoms with Gasteiger partial charge in [-0.3, -0.25) is 4.90 Å². The summed E-state index contributed by atoms with van der Waals surface area (Å²) in [6.45, 7) is 5.07. The molecule has 3 aromatic carbocycles. The van der Waals surface area contributed by atoms with E-state index in [1.165, 1.54) is 11.3 Å².